The number of imide groups is 1. The van der Waals surface area contributed by atoms with E-state index in [1.807, 2.05) is 41.8 Å². The summed E-state index contributed by atoms with van der Waals surface area (Å²) in [5.74, 6) is -2.53. The summed E-state index contributed by atoms with van der Waals surface area (Å²) in [4.78, 5) is 60.7. The summed E-state index contributed by atoms with van der Waals surface area (Å²) < 4.78 is 64.2. The maximum Gasteiger partial charge on any atom is 0.407 e. The fraction of sp³-hybridized carbons (Fsp3) is 0.500. The lowest BCUT2D eigenvalue weighted by molar-refractivity contribution is -0.137. The third-order valence-electron chi connectivity index (χ3n) is 11.4. The van der Waals surface area contributed by atoms with Crippen molar-refractivity contribution in [3.8, 4) is 11.3 Å². The Morgan fingerprint density at radius 3 is 2.53 bits per heavy atom. The number of nitrogens with one attached hydrogen (secondary N) is 2. The third-order valence-corrected chi connectivity index (χ3v) is 11.4. The van der Waals surface area contributed by atoms with Crippen LogP contribution >= 0.6 is 0 Å². The zero-order chi connectivity index (χ0) is 41.5. The van der Waals surface area contributed by atoms with Crippen molar-refractivity contribution >= 4 is 23.9 Å². The van der Waals surface area contributed by atoms with E-state index in [4.69, 9.17) is 19.2 Å². The van der Waals surface area contributed by atoms with E-state index in [0.717, 1.165) is 28.7 Å². The maximum atomic E-state index is 15.5. The summed E-state index contributed by atoms with van der Waals surface area (Å²) in [5.41, 5.74) is 1.11. The van der Waals surface area contributed by atoms with Gasteiger partial charge in [0.2, 0.25) is 0 Å². The monoisotopic (exact) mass is 821 g/mol. The number of ether oxygens (including phenoxy) is 3. The molecule has 59 heavy (non-hydrogen) atoms. The van der Waals surface area contributed by atoms with E-state index in [1.54, 1.807) is 16.0 Å². The second-order valence-corrected chi connectivity index (χ2v) is 15.5. The normalized spacial score (nSPS) is 22.6. The van der Waals surface area contributed by atoms with Gasteiger partial charge in [0, 0.05) is 88.2 Å². The predicted octanol–water partition coefficient (Wildman–Crippen LogP) is 4.31. The highest BCUT2D eigenvalue weighted by molar-refractivity contribution is 6.12. The molecule has 0 unspecified atom stereocenters. The molecule has 4 aliphatic heterocycles. The van der Waals surface area contributed by atoms with Gasteiger partial charge in [-0.05, 0) is 42.5 Å². The smallest absolute Gasteiger partial charge is 0.407 e. The second-order valence-electron chi connectivity index (χ2n) is 15.5. The fourth-order valence-electron chi connectivity index (χ4n) is 8.22. The van der Waals surface area contributed by atoms with E-state index in [9.17, 15) is 18.8 Å². The number of likely N-dealkylation sites (tertiary alicyclic amines) is 1. The maximum absolute atomic E-state index is 15.5. The number of carbonyl (C=O) groups is 4. The molecule has 3 saturated heterocycles. The quantitative estimate of drug-likeness (QED) is 0.169. The van der Waals surface area contributed by atoms with Crippen LogP contribution in [0.3, 0.4) is 0 Å². The number of aromatic nitrogens is 2. The molecule has 316 valence electrons. The standard InChI is InChI=1S/C42H50F3N7O7/c1-27-22-50(26-36(27)59-41(55)47-13-17-58-18-14-51-37(53)9-10-38(51)54)42(56)52(24-30-20-46-21-34(30)45)39(29-11-15-57-16-12-29)40-48-35(32-19-31(43)7-8-33(32)44)25-49(40)23-28-5-3-2-4-6-28/h2-10,19,25,27,29-30,34,36,39,46H,11-18,20-24,26H2,1H3,(H,47,55)/t27-,30+,34+,36+,39-/m1/s1. The number of alkyl halides is 1. The number of halogens is 3. The highest BCUT2D eigenvalue weighted by Gasteiger charge is 2.44. The summed E-state index contributed by atoms with van der Waals surface area (Å²) in [5, 5.41) is 5.75. The Kier molecular flexibility index (Phi) is 13.6. The molecule has 5 amide bonds. The zero-order valence-electron chi connectivity index (χ0n) is 32.9. The molecule has 0 spiro atoms. The highest BCUT2D eigenvalue weighted by Crippen LogP contribution is 2.39. The van der Waals surface area contributed by atoms with Crippen LogP contribution in [0.2, 0.25) is 0 Å². The van der Waals surface area contributed by atoms with Crippen LogP contribution < -0.4 is 10.6 Å². The molecule has 14 nitrogen and oxygen atoms in total. The zero-order valence-corrected chi connectivity index (χ0v) is 32.9. The average Bonchev–Trinajstić information content (AvgIpc) is 4.01. The van der Waals surface area contributed by atoms with E-state index >= 15 is 13.6 Å². The van der Waals surface area contributed by atoms with Gasteiger partial charge in [-0.3, -0.25) is 14.5 Å². The molecule has 0 aliphatic carbocycles. The molecule has 17 heteroatoms. The number of urea groups is 1. The number of amides is 5. The van der Waals surface area contributed by atoms with Crippen molar-refractivity contribution < 1.29 is 46.6 Å². The number of benzene rings is 2. The number of hydrogen-bond donors (Lipinski definition) is 2. The molecule has 2 aromatic carbocycles. The molecule has 0 radical (unpaired) electrons. The Hall–Kier alpha value is -5.26. The minimum atomic E-state index is -1.20. The molecular weight excluding hydrogens is 771 g/mol. The van der Waals surface area contributed by atoms with Crippen LogP contribution in [0.5, 0.6) is 0 Å². The van der Waals surface area contributed by atoms with Crippen LogP contribution in [0.15, 0.2) is 66.9 Å². The number of nitrogens with zero attached hydrogens (tertiary/aromatic N) is 5. The molecule has 7 rings (SSSR count). The van der Waals surface area contributed by atoms with Gasteiger partial charge in [-0.2, -0.15) is 0 Å². The van der Waals surface area contributed by atoms with Crippen molar-refractivity contribution in [3.63, 3.8) is 0 Å². The largest absolute Gasteiger partial charge is 0.444 e. The summed E-state index contributed by atoms with van der Waals surface area (Å²) in [6, 6.07) is 11.8. The van der Waals surface area contributed by atoms with Gasteiger partial charge in [-0.1, -0.05) is 37.3 Å². The molecule has 4 aliphatic rings. The lowest BCUT2D eigenvalue weighted by Gasteiger charge is -2.41. The van der Waals surface area contributed by atoms with Gasteiger partial charge in [-0.15, -0.1) is 0 Å². The minimum absolute atomic E-state index is 0.0173. The van der Waals surface area contributed by atoms with Crippen molar-refractivity contribution in [2.75, 3.05) is 72.2 Å². The molecule has 3 aromatic rings. The molecule has 0 bridgehead atoms. The van der Waals surface area contributed by atoms with E-state index in [2.05, 4.69) is 10.6 Å². The van der Waals surface area contributed by atoms with Gasteiger partial charge in [0.15, 0.2) is 0 Å². The Labute approximate surface area is 340 Å². The van der Waals surface area contributed by atoms with Crippen LogP contribution in [0.1, 0.15) is 37.2 Å². The molecule has 0 saturated carbocycles. The van der Waals surface area contributed by atoms with Gasteiger partial charge in [-0.25, -0.2) is 27.7 Å². The highest BCUT2D eigenvalue weighted by atomic mass is 19.1. The number of carbonyl (C=O) groups excluding carboxylic acids is 4. The second kappa shape index (κ2) is 19.2. The fourth-order valence-corrected chi connectivity index (χ4v) is 8.22. The first kappa shape index (κ1) is 41.9. The average molecular weight is 822 g/mol. The van der Waals surface area contributed by atoms with Crippen LogP contribution in [0, 0.1) is 29.4 Å². The van der Waals surface area contributed by atoms with Crippen LogP contribution in [-0.4, -0.2) is 133 Å². The van der Waals surface area contributed by atoms with E-state index in [-0.39, 0.29) is 81.6 Å². The Morgan fingerprint density at radius 2 is 1.80 bits per heavy atom. The van der Waals surface area contributed by atoms with Crippen molar-refractivity contribution in [2.24, 2.45) is 17.8 Å². The minimum Gasteiger partial charge on any atom is -0.444 e. The topological polar surface area (TPSA) is 148 Å². The van der Waals surface area contributed by atoms with Crippen molar-refractivity contribution in [1.29, 1.82) is 0 Å². The van der Waals surface area contributed by atoms with Gasteiger partial charge in [0.25, 0.3) is 11.8 Å². The molecule has 5 heterocycles. The van der Waals surface area contributed by atoms with E-state index in [1.165, 1.54) is 12.2 Å². The molecule has 1 aromatic heterocycles. The first-order valence-corrected chi connectivity index (χ1v) is 20.2. The first-order chi connectivity index (χ1) is 28.5. The molecule has 2 N–H and O–H groups in total. The number of imidazole rings is 1. The predicted molar refractivity (Wildman–Crippen MR) is 208 cm³/mol. The SMILES string of the molecule is C[C@@H]1CN(C(=O)N(C[C@@H]2CNC[C@@H]2F)[C@@H](c2nc(-c3cc(F)ccc3F)cn2Cc2ccccc2)C2CCOCC2)C[C@@H]1OC(=O)NCCOCCN1C(=O)C=CC1=O. The molecular formula is C42H50F3N7O7. The van der Waals surface area contributed by atoms with Gasteiger partial charge < -0.3 is 39.2 Å². The van der Waals surface area contributed by atoms with Crippen molar-refractivity contribution in [1.82, 2.24) is 34.9 Å². The van der Waals surface area contributed by atoms with Crippen molar-refractivity contribution in [3.05, 3.63) is 89.9 Å². The van der Waals surface area contributed by atoms with E-state index in [0.29, 0.717) is 45.0 Å². The van der Waals surface area contributed by atoms with Crippen molar-refractivity contribution in [2.45, 2.75) is 44.6 Å². The Bertz CT molecular complexity index is 1980. The van der Waals surface area contributed by atoms with Gasteiger partial charge in [0.1, 0.15) is 29.7 Å². The van der Waals surface area contributed by atoms with Crippen LogP contribution in [-0.2, 0) is 30.3 Å². The first-order valence-electron chi connectivity index (χ1n) is 20.2. The molecule has 5 atom stereocenters. The number of rotatable bonds is 15. The van der Waals surface area contributed by atoms with Crippen LogP contribution in [0.4, 0.5) is 22.8 Å². The summed E-state index contributed by atoms with van der Waals surface area (Å²) >= 11 is 0. The van der Waals surface area contributed by atoms with Crippen LogP contribution in [0.25, 0.3) is 11.3 Å². The number of hydrogen-bond acceptors (Lipinski definition) is 9. The lowest BCUT2D eigenvalue weighted by atomic mass is 9.89. The Balaban J connectivity index is 1.11. The summed E-state index contributed by atoms with van der Waals surface area (Å²) in [6.45, 7) is 4.45. The Morgan fingerprint density at radius 1 is 1.03 bits per heavy atom. The third kappa shape index (κ3) is 10.1. The lowest BCUT2D eigenvalue weighted by Crippen LogP contribution is -2.50. The van der Waals surface area contributed by atoms with Gasteiger partial charge in [0.05, 0.1) is 38.0 Å². The van der Waals surface area contributed by atoms with Gasteiger partial charge >= 0.3 is 12.1 Å². The molecule has 3 fully saturated rings. The summed E-state index contributed by atoms with van der Waals surface area (Å²) in [7, 11) is 0. The number of alkyl carbamates (subject to hydrolysis) is 1. The summed E-state index contributed by atoms with van der Waals surface area (Å²) in [6.07, 6.45) is 2.70. The van der Waals surface area contributed by atoms with E-state index < -0.39 is 53.8 Å².